The van der Waals surface area contributed by atoms with Gasteiger partial charge >= 0.3 is 5.97 Å². The maximum Gasteiger partial charge on any atom is 0.337 e. The number of benzene rings is 3. The van der Waals surface area contributed by atoms with Gasteiger partial charge in [0.1, 0.15) is 4.90 Å². The molecule has 0 saturated carbocycles. The van der Waals surface area contributed by atoms with E-state index >= 15 is 0 Å². The van der Waals surface area contributed by atoms with Gasteiger partial charge in [-0.1, -0.05) is 35.3 Å². The van der Waals surface area contributed by atoms with Gasteiger partial charge in [0.15, 0.2) is 0 Å². The van der Waals surface area contributed by atoms with Crippen LogP contribution in [0.1, 0.15) is 26.3 Å². The van der Waals surface area contributed by atoms with Crippen molar-refractivity contribution in [3.8, 4) is 0 Å². The number of aryl methyl sites for hydroxylation is 1. The second-order valence-electron chi connectivity index (χ2n) is 6.76. The molecule has 3 aromatic carbocycles. The number of hydrogen-bond acceptors (Lipinski definition) is 5. The SMILES string of the molecule is COC(=O)c1ccc(Cl)c(NC(=O)c2ccc(Cl)c(S(=O)(=O)Nc3cccc(C)c3)c2)c1. The van der Waals surface area contributed by atoms with E-state index in [4.69, 9.17) is 23.2 Å². The first-order valence-electron chi connectivity index (χ1n) is 9.19. The van der Waals surface area contributed by atoms with Gasteiger partial charge in [-0.25, -0.2) is 13.2 Å². The number of sulfonamides is 1. The van der Waals surface area contributed by atoms with E-state index in [1.54, 1.807) is 18.2 Å². The largest absolute Gasteiger partial charge is 0.465 e. The summed E-state index contributed by atoms with van der Waals surface area (Å²) in [5, 5.41) is 2.70. The van der Waals surface area contributed by atoms with Gasteiger partial charge in [-0.3, -0.25) is 9.52 Å². The van der Waals surface area contributed by atoms with Crippen molar-refractivity contribution in [1.82, 2.24) is 0 Å². The molecule has 0 radical (unpaired) electrons. The molecule has 0 spiro atoms. The second-order valence-corrected chi connectivity index (χ2v) is 9.23. The van der Waals surface area contributed by atoms with Gasteiger partial charge in [-0.15, -0.1) is 0 Å². The number of ether oxygens (including phenoxy) is 1. The highest BCUT2D eigenvalue weighted by Crippen LogP contribution is 2.27. The van der Waals surface area contributed by atoms with Crippen LogP contribution in [0.15, 0.2) is 65.6 Å². The Kier molecular flexibility index (Phi) is 7.08. The highest BCUT2D eigenvalue weighted by molar-refractivity contribution is 7.92. The molecule has 1 amide bonds. The number of nitrogens with one attached hydrogen (secondary N) is 2. The maximum atomic E-state index is 12.9. The fourth-order valence-corrected chi connectivity index (χ4v) is 4.57. The Hall–Kier alpha value is -3.07. The zero-order valence-electron chi connectivity index (χ0n) is 17.0. The monoisotopic (exact) mass is 492 g/mol. The molecule has 0 aliphatic carbocycles. The summed E-state index contributed by atoms with van der Waals surface area (Å²) in [6.07, 6.45) is 0. The standard InChI is InChI=1S/C22H18Cl2N2O5S/c1-13-4-3-5-16(10-13)26-32(29,30)20-12-14(6-9-18(20)24)21(27)25-19-11-15(22(28)31-2)7-8-17(19)23/h3-12,26H,1-2H3,(H,25,27). The molecule has 3 aromatic rings. The lowest BCUT2D eigenvalue weighted by atomic mass is 10.1. The first-order chi connectivity index (χ1) is 15.1. The van der Waals surface area contributed by atoms with Crippen LogP contribution in [0.2, 0.25) is 10.0 Å². The third kappa shape index (κ3) is 5.40. The van der Waals surface area contributed by atoms with E-state index in [2.05, 4.69) is 14.8 Å². The molecule has 2 N–H and O–H groups in total. The smallest absolute Gasteiger partial charge is 0.337 e. The van der Waals surface area contributed by atoms with E-state index in [9.17, 15) is 18.0 Å². The number of carbonyl (C=O) groups excluding carboxylic acids is 2. The van der Waals surface area contributed by atoms with E-state index in [0.717, 1.165) is 11.6 Å². The van der Waals surface area contributed by atoms with Crippen molar-refractivity contribution in [3.05, 3.63) is 87.4 Å². The van der Waals surface area contributed by atoms with Crippen LogP contribution in [0.3, 0.4) is 0 Å². The van der Waals surface area contributed by atoms with Crippen molar-refractivity contribution in [3.63, 3.8) is 0 Å². The van der Waals surface area contributed by atoms with Gasteiger partial charge < -0.3 is 10.1 Å². The van der Waals surface area contributed by atoms with Gasteiger partial charge in [0.05, 0.1) is 28.4 Å². The van der Waals surface area contributed by atoms with Crippen LogP contribution in [0.4, 0.5) is 11.4 Å². The van der Waals surface area contributed by atoms with Gasteiger partial charge in [0.2, 0.25) is 0 Å². The van der Waals surface area contributed by atoms with E-state index in [0.29, 0.717) is 5.69 Å². The van der Waals surface area contributed by atoms with Gasteiger partial charge in [0.25, 0.3) is 15.9 Å². The zero-order valence-corrected chi connectivity index (χ0v) is 19.3. The quantitative estimate of drug-likeness (QED) is 0.463. The highest BCUT2D eigenvalue weighted by Gasteiger charge is 2.21. The predicted molar refractivity (Wildman–Crippen MR) is 124 cm³/mol. The summed E-state index contributed by atoms with van der Waals surface area (Å²) in [7, 11) is -2.84. The van der Waals surface area contributed by atoms with E-state index in [1.807, 2.05) is 13.0 Å². The Morgan fingerprint density at radius 2 is 1.59 bits per heavy atom. The summed E-state index contributed by atoms with van der Waals surface area (Å²) >= 11 is 12.2. The second kappa shape index (κ2) is 9.60. The number of halogens is 2. The highest BCUT2D eigenvalue weighted by atomic mass is 35.5. The summed E-state index contributed by atoms with van der Waals surface area (Å²) < 4.78 is 32.9. The minimum atomic E-state index is -4.07. The molecule has 0 aromatic heterocycles. The zero-order chi connectivity index (χ0) is 23.5. The van der Waals surface area contributed by atoms with Crippen LogP contribution in [-0.2, 0) is 14.8 Å². The third-order valence-corrected chi connectivity index (χ3v) is 6.58. The lowest BCUT2D eigenvalue weighted by Gasteiger charge is -2.12. The number of anilines is 2. The minimum Gasteiger partial charge on any atom is -0.465 e. The summed E-state index contributed by atoms with van der Waals surface area (Å²) in [6, 6.07) is 14.9. The summed E-state index contributed by atoms with van der Waals surface area (Å²) in [6.45, 7) is 1.83. The van der Waals surface area contributed by atoms with Crippen LogP contribution >= 0.6 is 23.2 Å². The summed E-state index contributed by atoms with van der Waals surface area (Å²) in [5.74, 6) is -1.24. The van der Waals surface area contributed by atoms with Crippen LogP contribution in [0.5, 0.6) is 0 Å². The van der Waals surface area contributed by atoms with E-state index in [1.165, 1.54) is 37.4 Å². The number of methoxy groups -OCH3 is 1. The molecule has 0 heterocycles. The van der Waals surface area contributed by atoms with Gasteiger partial charge in [-0.05, 0) is 61.0 Å². The van der Waals surface area contributed by atoms with Crippen molar-refractivity contribution >= 4 is 56.5 Å². The molecule has 3 rings (SSSR count). The predicted octanol–water partition coefficient (Wildman–Crippen LogP) is 5.14. The van der Waals surface area contributed by atoms with Gasteiger partial charge in [0, 0.05) is 11.3 Å². The number of amides is 1. The van der Waals surface area contributed by atoms with Crippen molar-refractivity contribution in [1.29, 1.82) is 0 Å². The molecule has 0 bridgehead atoms. The molecule has 0 aliphatic heterocycles. The lowest BCUT2D eigenvalue weighted by molar-refractivity contribution is 0.0600. The van der Waals surface area contributed by atoms with Gasteiger partial charge in [-0.2, -0.15) is 0 Å². The minimum absolute atomic E-state index is 0.0264. The molecule has 0 fully saturated rings. The normalized spacial score (nSPS) is 11.0. The summed E-state index contributed by atoms with van der Waals surface area (Å²) in [5.41, 5.74) is 1.61. The Labute approximate surface area is 195 Å². The molecular weight excluding hydrogens is 475 g/mol. The Morgan fingerprint density at radius 3 is 2.28 bits per heavy atom. The number of esters is 1. The third-order valence-electron chi connectivity index (χ3n) is 4.39. The Balaban J connectivity index is 1.90. The molecule has 32 heavy (non-hydrogen) atoms. The van der Waals surface area contributed by atoms with E-state index in [-0.39, 0.29) is 31.8 Å². The van der Waals surface area contributed by atoms with Crippen molar-refractivity contribution in [2.75, 3.05) is 17.1 Å². The molecular formula is C22H18Cl2N2O5S. The maximum absolute atomic E-state index is 12.9. The fourth-order valence-electron chi connectivity index (χ4n) is 2.83. The Morgan fingerprint density at radius 1 is 0.906 bits per heavy atom. The van der Waals surface area contributed by atoms with Crippen molar-refractivity contribution < 1.29 is 22.7 Å². The molecule has 0 atom stereocenters. The number of carbonyl (C=O) groups is 2. The van der Waals surface area contributed by atoms with Crippen LogP contribution < -0.4 is 10.0 Å². The topological polar surface area (TPSA) is 102 Å². The average Bonchev–Trinajstić information content (AvgIpc) is 2.74. The lowest BCUT2D eigenvalue weighted by Crippen LogP contribution is -2.17. The number of hydrogen-bond donors (Lipinski definition) is 2. The molecule has 0 unspecified atom stereocenters. The summed E-state index contributed by atoms with van der Waals surface area (Å²) in [4.78, 5) is 24.2. The molecule has 10 heteroatoms. The first kappa shape index (κ1) is 23.6. The van der Waals surface area contributed by atoms with E-state index < -0.39 is 21.9 Å². The van der Waals surface area contributed by atoms with Crippen LogP contribution in [-0.4, -0.2) is 27.4 Å². The van der Waals surface area contributed by atoms with Crippen LogP contribution in [0.25, 0.3) is 0 Å². The molecule has 7 nitrogen and oxygen atoms in total. The fraction of sp³-hybridized carbons (Fsp3) is 0.0909. The van der Waals surface area contributed by atoms with Crippen molar-refractivity contribution in [2.24, 2.45) is 0 Å². The van der Waals surface area contributed by atoms with Crippen molar-refractivity contribution in [2.45, 2.75) is 11.8 Å². The molecule has 0 aliphatic rings. The first-order valence-corrected chi connectivity index (χ1v) is 11.4. The molecule has 0 saturated heterocycles. The molecule has 166 valence electrons. The number of rotatable bonds is 6. The average molecular weight is 493 g/mol. The Bertz CT molecular complexity index is 1310. The van der Waals surface area contributed by atoms with Crippen LogP contribution in [0, 0.1) is 6.92 Å².